The second-order valence-corrected chi connectivity index (χ2v) is 6.03. The molecule has 1 fully saturated rings. The van der Waals surface area contributed by atoms with Crippen molar-refractivity contribution in [2.45, 2.75) is 19.4 Å². The third-order valence-electron chi connectivity index (χ3n) is 4.61. The molecule has 0 aromatic carbocycles. The van der Waals surface area contributed by atoms with E-state index in [0.29, 0.717) is 6.54 Å². The Hall–Kier alpha value is -2.21. The minimum atomic E-state index is 0.0940. The Morgan fingerprint density at radius 2 is 2.13 bits per heavy atom. The lowest BCUT2D eigenvalue weighted by atomic mass is 10.1. The molecule has 2 aromatic heterocycles. The first kappa shape index (κ1) is 15.7. The molecule has 0 spiro atoms. The Bertz CT molecular complexity index is 696. The van der Waals surface area contributed by atoms with Gasteiger partial charge in [0.05, 0.1) is 6.04 Å². The number of aromatic nitrogens is 3. The summed E-state index contributed by atoms with van der Waals surface area (Å²) in [6, 6.07) is 1.95. The summed E-state index contributed by atoms with van der Waals surface area (Å²) in [5, 5.41) is 0. The molecule has 0 N–H and O–H groups in total. The maximum Gasteiger partial charge on any atom is 0.254 e. The molecule has 122 valence electrons. The van der Waals surface area contributed by atoms with Crippen LogP contribution in [-0.4, -0.2) is 56.9 Å². The van der Waals surface area contributed by atoms with E-state index in [1.807, 2.05) is 35.0 Å². The van der Waals surface area contributed by atoms with Crippen molar-refractivity contribution >= 4 is 5.91 Å². The lowest BCUT2D eigenvalue weighted by Gasteiger charge is -2.39. The highest BCUT2D eigenvalue weighted by Crippen LogP contribution is 2.24. The van der Waals surface area contributed by atoms with Crippen molar-refractivity contribution in [3.05, 3.63) is 47.8 Å². The van der Waals surface area contributed by atoms with Crippen LogP contribution in [0.2, 0.25) is 0 Å². The van der Waals surface area contributed by atoms with Crippen molar-refractivity contribution in [3.8, 4) is 0 Å². The van der Waals surface area contributed by atoms with Crippen LogP contribution in [0.1, 0.15) is 34.7 Å². The molecule has 2 aromatic rings. The van der Waals surface area contributed by atoms with Gasteiger partial charge in [-0.05, 0) is 25.1 Å². The number of piperazine rings is 1. The van der Waals surface area contributed by atoms with Crippen LogP contribution in [0, 0.1) is 0 Å². The van der Waals surface area contributed by atoms with E-state index in [0.717, 1.165) is 36.5 Å². The van der Waals surface area contributed by atoms with Gasteiger partial charge in [0.15, 0.2) is 0 Å². The fourth-order valence-electron chi connectivity index (χ4n) is 3.12. The van der Waals surface area contributed by atoms with Crippen LogP contribution >= 0.6 is 0 Å². The molecule has 1 aliphatic heterocycles. The third kappa shape index (κ3) is 2.99. The van der Waals surface area contributed by atoms with E-state index in [1.54, 1.807) is 12.4 Å². The van der Waals surface area contributed by atoms with Gasteiger partial charge in [-0.3, -0.25) is 14.7 Å². The van der Waals surface area contributed by atoms with Crippen LogP contribution in [0.3, 0.4) is 0 Å². The Kier molecular flexibility index (Phi) is 4.43. The quantitative estimate of drug-likeness (QED) is 0.862. The monoisotopic (exact) mass is 313 g/mol. The first-order valence-corrected chi connectivity index (χ1v) is 8.01. The Morgan fingerprint density at radius 1 is 1.30 bits per heavy atom. The van der Waals surface area contributed by atoms with Crippen molar-refractivity contribution in [1.82, 2.24) is 24.3 Å². The minimum Gasteiger partial charge on any atom is -0.337 e. The largest absolute Gasteiger partial charge is 0.337 e. The summed E-state index contributed by atoms with van der Waals surface area (Å²) in [4.78, 5) is 25.7. The van der Waals surface area contributed by atoms with E-state index in [1.165, 1.54) is 0 Å². The molecule has 1 saturated heterocycles. The van der Waals surface area contributed by atoms with Gasteiger partial charge in [-0.1, -0.05) is 6.92 Å². The van der Waals surface area contributed by atoms with E-state index in [9.17, 15) is 4.79 Å². The molecule has 0 radical (unpaired) electrons. The standard InChI is InChI=1S/C17H23N5O/c1-4-13-11-18-6-5-14(13)17(23)22-10-9-20(2)15(12-22)16-19-7-8-21(16)3/h5-8,11,15H,4,9-10,12H2,1-3H3/t15-/m0/s1. The smallest absolute Gasteiger partial charge is 0.254 e. The SMILES string of the molecule is CCc1cnccc1C(=O)N1CCN(C)[C@H](c2nccn2C)C1. The van der Waals surface area contributed by atoms with Crippen LogP contribution in [-0.2, 0) is 13.5 Å². The molecule has 3 heterocycles. The Morgan fingerprint density at radius 3 is 2.83 bits per heavy atom. The number of nitrogens with zero attached hydrogens (tertiary/aromatic N) is 5. The summed E-state index contributed by atoms with van der Waals surface area (Å²) in [6.45, 7) is 4.29. The van der Waals surface area contributed by atoms with E-state index in [-0.39, 0.29) is 11.9 Å². The molecule has 1 aliphatic rings. The molecule has 0 bridgehead atoms. The fourth-order valence-corrected chi connectivity index (χ4v) is 3.12. The van der Waals surface area contributed by atoms with Crippen molar-refractivity contribution in [3.63, 3.8) is 0 Å². The van der Waals surface area contributed by atoms with E-state index in [2.05, 4.69) is 28.8 Å². The van der Waals surface area contributed by atoms with Crippen molar-refractivity contribution in [1.29, 1.82) is 0 Å². The number of hydrogen-bond acceptors (Lipinski definition) is 4. The first-order chi connectivity index (χ1) is 11.1. The van der Waals surface area contributed by atoms with Gasteiger partial charge in [0, 0.05) is 57.0 Å². The molecule has 23 heavy (non-hydrogen) atoms. The Labute approximate surface area is 136 Å². The minimum absolute atomic E-state index is 0.0940. The predicted octanol–water partition coefficient (Wildman–Crippen LogP) is 1.51. The zero-order chi connectivity index (χ0) is 16.4. The van der Waals surface area contributed by atoms with Gasteiger partial charge >= 0.3 is 0 Å². The third-order valence-corrected chi connectivity index (χ3v) is 4.61. The maximum atomic E-state index is 12.9. The fraction of sp³-hybridized carbons (Fsp3) is 0.471. The number of pyridine rings is 1. The highest BCUT2D eigenvalue weighted by Gasteiger charge is 2.31. The number of amides is 1. The number of carbonyl (C=O) groups excluding carboxylic acids is 1. The van der Waals surface area contributed by atoms with Gasteiger partial charge in [-0.2, -0.15) is 0 Å². The zero-order valence-electron chi connectivity index (χ0n) is 13.9. The van der Waals surface area contributed by atoms with E-state index >= 15 is 0 Å². The molecule has 0 unspecified atom stereocenters. The average Bonchev–Trinajstić information content (AvgIpc) is 3.00. The summed E-state index contributed by atoms with van der Waals surface area (Å²) in [6.07, 6.45) is 8.05. The zero-order valence-corrected chi connectivity index (χ0v) is 13.9. The normalized spacial score (nSPS) is 19.1. The Balaban J connectivity index is 1.84. The summed E-state index contributed by atoms with van der Waals surface area (Å²) in [5.74, 6) is 1.09. The number of likely N-dealkylation sites (N-methyl/N-ethyl adjacent to an activating group) is 1. The number of rotatable bonds is 3. The van der Waals surface area contributed by atoms with Gasteiger partial charge in [-0.15, -0.1) is 0 Å². The molecule has 6 heteroatoms. The second-order valence-electron chi connectivity index (χ2n) is 6.03. The molecular formula is C17H23N5O. The molecule has 3 rings (SSSR count). The molecule has 1 atom stereocenters. The number of carbonyl (C=O) groups is 1. The van der Waals surface area contributed by atoms with Crippen LogP contribution in [0.4, 0.5) is 0 Å². The number of hydrogen-bond donors (Lipinski definition) is 0. The lowest BCUT2D eigenvalue weighted by Crippen LogP contribution is -2.49. The molecule has 1 amide bonds. The first-order valence-electron chi connectivity index (χ1n) is 8.01. The summed E-state index contributed by atoms with van der Waals surface area (Å²) in [5.41, 5.74) is 1.77. The summed E-state index contributed by atoms with van der Waals surface area (Å²) >= 11 is 0. The maximum absolute atomic E-state index is 12.9. The topological polar surface area (TPSA) is 54.3 Å². The van der Waals surface area contributed by atoms with Crippen LogP contribution in [0.5, 0.6) is 0 Å². The van der Waals surface area contributed by atoms with Crippen molar-refractivity contribution < 1.29 is 4.79 Å². The predicted molar refractivity (Wildman–Crippen MR) is 88.1 cm³/mol. The van der Waals surface area contributed by atoms with E-state index < -0.39 is 0 Å². The van der Waals surface area contributed by atoms with Crippen molar-refractivity contribution in [2.24, 2.45) is 7.05 Å². The lowest BCUT2D eigenvalue weighted by molar-refractivity contribution is 0.0527. The second kappa shape index (κ2) is 6.50. The summed E-state index contributed by atoms with van der Waals surface area (Å²) < 4.78 is 2.03. The van der Waals surface area contributed by atoms with Gasteiger partial charge in [0.25, 0.3) is 5.91 Å². The number of aryl methyl sites for hydroxylation is 2. The van der Waals surface area contributed by atoms with Crippen LogP contribution in [0.15, 0.2) is 30.9 Å². The van der Waals surface area contributed by atoms with Gasteiger partial charge in [0.1, 0.15) is 5.82 Å². The van der Waals surface area contributed by atoms with Gasteiger partial charge in [-0.25, -0.2) is 4.98 Å². The molecule has 0 aliphatic carbocycles. The number of imidazole rings is 1. The highest BCUT2D eigenvalue weighted by molar-refractivity contribution is 5.95. The molecule has 6 nitrogen and oxygen atoms in total. The van der Waals surface area contributed by atoms with Crippen LogP contribution in [0.25, 0.3) is 0 Å². The average molecular weight is 313 g/mol. The van der Waals surface area contributed by atoms with Gasteiger partial charge in [0.2, 0.25) is 0 Å². The molecular weight excluding hydrogens is 290 g/mol. The van der Waals surface area contributed by atoms with E-state index in [4.69, 9.17) is 0 Å². The molecule has 0 saturated carbocycles. The van der Waals surface area contributed by atoms with Crippen LogP contribution < -0.4 is 0 Å². The highest BCUT2D eigenvalue weighted by atomic mass is 16.2. The summed E-state index contributed by atoms with van der Waals surface area (Å²) in [7, 11) is 4.08. The van der Waals surface area contributed by atoms with Gasteiger partial charge < -0.3 is 9.47 Å². The van der Waals surface area contributed by atoms with Crippen molar-refractivity contribution in [2.75, 3.05) is 26.7 Å².